The molecule has 0 bridgehead atoms. The number of nitrogens with zero attached hydrogens (tertiary/aromatic N) is 2. The third-order valence-corrected chi connectivity index (χ3v) is 2.00. The molecule has 0 rings (SSSR count). The van der Waals surface area contributed by atoms with Crippen LogP contribution in [0.4, 0.5) is 0 Å². The van der Waals surface area contributed by atoms with Crippen molar-refractivity contribution in [3.8, 4) is 12.3 Å². The molecule has 0 spiro atoms. The number of hydrogen-bond donors (Lipinski definition) is 0. The Morgan fingerprint density at radius 2 is 2.46 bits per heavy atom. The van der Waals surface area contributed by atoms with Gasteiger partial charge in [-0.05, 0) is 12.7 Å². The second-order valence-electron chi connectivity index (χ2n) is 2.28. The van der Waals surface area contributed by atoms with Gasteiger partial charge in [0.15, 0.2) is 0 Å². The summed E-state index contributed by atoms with van der Waals surface area (Å²) in [5.74, 6) is 2.49. The van der Waals surface area contributed by atoms with Crippen molar-refractivity contribution in [3.05, 3.63) is 10.1 Å². The Morgan fingerprint density at radius 3 is 2.92 bits per heavy atom. The lowest BCUT2D eigenvalue weighted by atomic mass is 10.3. The van der Waals surface area contributed by atoms with Gasteiger partial charge in [0.05, 0.1) is 0 Å². The van der Waals surface area contributed by atoms with Crippen LogP contribution in [0.15, 0.2) is 4.99 Å². The highest BCUT2D eigenvalue weighted by Gasteiger charge is 2.04. The number of hydrogen-bond acceptors (Lipinski definition) is 4. The lowest BCUT2D eigenvalue weighted by molar-refractivity contribution is -0.462. The van der Waals surface area contributed by atoms with Gasteiger partial charge in [-0.15, -0.1) is 24.1 Å². The smallest absolute Gasteiger partial charge is 0.250 e. The Labute approximate surface area is 82.0 Å². The number of aliphatic imine (C=N–C) groups is 1. The summed E-state index contributed by atoms with van der Waals surface area (Å²) in [7, 11) is 0. The summed E-state index contributed by atoms with van der Waals surface area (Å²) in [5, 5.41) is 10.7. The minimum atomic E-state index is -0.378. The molecule has 0 aromatic rings. The lowest BCUT2D eigenvalue weighted by Crippen LogP contribution is -2.10. The summed E-state index contributed by atoms with van der Waals surface area (Å²) in [4.78, 5) is 13.8. The Morgan fingerprint density at radius 1 is 1.77 bits per heavy atom. The Bertz CT molecular complexity index is 233. The Kier molecular flexibility index (Phi) is 7.02. The first-order chi connectivity index (χ1) is 6.20. The SMILES string of the molecule is C#CCCCN=C(C[N+](=O)[O-])SC. The summed E-state index contributed by atoms with van der Waals surface area (Å²) in [6.45, 7) is 0.394. The van der Waals surface area contributed by atoms with Crippen LogP contribution in [0.3, 0.4) is 0 Å². The molecule has 72 valence electrons. The number of rotatable bonds is 5. The fourth-order valence-electron chi connectivity index (χ4n) is 0.674. The van der Waals surface area contributed by atoms with Crippen LogP contribution < -0.4 is 0 Å². The summed E-state index contributed by atoms with van der Waals surface area (Å²) < 4.78 is 0. The van der Waals surface area contributed by atoms with Gasteiger partial charge in [-0.2, -0.15) is 0 Å². The van der Waals surface area contributed by atoms with E-state index in [2.05, 4.69) is 10.9 Å². The van der Waals surface area contributed by atoms with Crippen molar-refractivity contribution < 1.29 is 4.92 Å². The summed E-state index contributed by atoms with van der Waals surface area (Å²) in [6, 6.07) is 0. The third-order valence-electron chi connectivity index (χ3n) is 1.27. The van der Waals surface area contributed by atoms with Gasteiger partial charge < -0.3 is 0 Å². The number of terminal acetylenes is 1. The molecule has 0 aliphatic carbocycles. The highest BCUT2D eigenvalue weighted by atomic mass is 32.2. The van der Waals surface area contributed by atoms with E-state index in [0.29, 0.717) is 18.0 Å². The molecule has 13 heavy (non-hydrogen) atoms. The van der Waals surface area contributed by atoms with Gasteiger partial charge in [-0.1, -0.05) is 0 Å². The van der Waals surface area contributed by atoms with E-state index < -0.39 is 0 Å². The first kappa shape index (κ1) is 12.0. The molecule has 0 fully saturated rings. The molecular weight excluding hydrogens is 188 g/mol. The molecule has 0 atom stereocenters. The maximum atomic E-state index is 10.1. The second kappa shape index (κ2) is 7.62. The zero-order chi connectivity index (χ0) is 10.1. The maximum Gasteiger partial charge on any atom is 0.250 e. The van der Waals surface area contributed by atoms with E-state index in [9.17, 15) is 10.1 Å². The first-order valence-electron chi connectivity index (χ1n) is 3.83. The van der Waals surface area contributed by atoms with Crippen molar-refractivity contribution in [2.45, 2.75) is 12.8 Å². The van der Waals surface area contributed by atoms with Gasteiger partial charge in [0.25, 0.3) is 6.54 Å². The molecule has 0 aromatic carbocycles. The fraction of sp³-hybridized carbons (Fsp3) is 0.625. The van der Waals surface area contributed by atoms with Crippen LogP contribution in [-0.4, -0.2) is 29.3 Å². The quantitative estimate of drug-likeness (QED) is 0.168. The van der Waals surface area contributed by atoms with Gasteiger partial charge in [0.1, 0.15) is 5.04 Å². The molecule has 0 aromatic heterocycles. The Balaban J connectivity index is 3.79. The topological polar surface area (TPSA) is 55.5 Å². The average Bonchev–Trinajstić information content (AvgIpc) is 2.09. The maximum absolute atomic E-state index is 10.1. The molecule has 0 N–H and O–H groups in total. The van der Waals surface area contributed by atoms with Crippen LogP contribution in [0.5, 0.6) is 0 Å². The van der Waals surface area contributed by atoms with Gasteiger partial charge in [0.2, 0.25) is 0 Å². The molecular formula is C8H12N2O2S. The number of nitro groups is 1. The van der Waals surface area contributed by atoms with Crippen molar-refractivity contribution in [1.29, 1.82) is 0 Å². The summed E-state index contributed by atoms with van der Waals surface area (Å²) in [6.07, 6.45) is 8.29. The minimum Gasteiger partial charge on any atom is -0.276 e. The normalized spacial score (nSPS) is 10.9. The summed E-state index contributed by atoms with van der Waals surface area (Å²) >= 11 is 1.31. The molecule has 0 aliphatic rings. The highest BCUT2D eigenvalue weighted by Crippen LogP contribution is 2.00. The monoisotopic (exact) mass is 200 g/mol. The van der Waals surface area contributed by atoms with Crippen LogP contribution in [0.2, 0.25) is 0 Å². The highest BCUT2D eigenvalue weighted by molar-refractivity contribution is 8.13. The molecule has 0 amide bonds. The molecule has 0 unspecified atom stereocenters. The molecule has 4 nitrogen and oxygen atoms in total. The van der Waals surface area contributed by atoms with Crippen LogP contribution in [-0.2, 0) is 0 Å². The molecule has 0 saturated carbocycles. The van der Waals surface area contributed by atoms with Crippen molar-refractivity contribution in [3.63, 3.8) is 0 Å². The average molecular weight is 200 g/mol. The van der Waals surface area contributed by atoms with E-state index in [1.165, 1.54) is 11.8 Å². The molecule has 5 heteroatoms. The van der Waals surface area contributed by atoms with E-state index in [1.807, 2.05) is 0 Å². The van der Waals surface area contributed by atoms with Crippen LogP contribution in [0, 0.1) is 22.5 Å². The van der Waals surface area contributed by atoms with E-state index in [-0.39, 0.29) is 11.5 Å². The predicted octanol–water partition coefficient (Wildman–Crippen LogP) is 1.44. The molecule has 0 heterocycles. The van der Waals surface area contributed by atoms with Crippen molar-refractivity contribution in [1.82, 2.24) is 0 Å². The van der Waals surface area contributed by atoms with Crippen molar-refractivity contribution >= 4 is 16.8 Å². The van der Waals surface area contributed by atoms with Gasteiger partial charge in [-0.3, -0.25) is 15.1 Å². The Hall–Kier alpha value is -1.02. The van der Waals surface area contributed by atoms with Gasteiger partial charge in [-0.25, -0.2) is 0 Å². The molecule has 0 radical (unpaired) electrons. The molecule has 0 saturated heterocycles. The van der Waals surface area contributed by atoms with Crippen LogP contribution >= 0.6 is 11.8 Å². The minimum absolute atomic E-state index is 0.183. The van der Waals surface area contributed by atoms with E-state index >= 15 is 0 Å². The van der Waals surface area contributed by atoms with Gasteiger partial charge in [0, 0.05) is 17.9 Å². The lowest BCUT2D eigenvalue weighted by Gasteiger charge is -1.96. The van der Waals surface area contributed by atoms with Crippen LogP contribution in [0.25, 0.3) is 0 Å². The van der Waals surface area contributed by atoms with Crippen molar-refractivity contribution in [2.75, 3.05) is 19.3 Å². The standard InChI is InChI=1S/C8H12N2O2S/c1-3-4-5-6-9-8(13-2)7-10(11)12/h1H,4-7H2,2H3. The zero-order valence-corrected chi connectivity index (χ0v) is 8.34. The van der Waals surface area contributed by atoms with Crippen molar-refractivity contribution in [2.24, 2.45) is 4.99 Å². The number of thioether (sulfide) groups is 1. The predicted molar refractivity (Wildman–Crippen MR) is 55.7 cm³/mol. The van der Waals surface area contributed by atoms with E-state index in [0.717, 1.165) is 6.42 Å². The molecule has 0 aliphatic heterocycles. The van der Waals surface area contributed by atoms with Crippen LogP contribution in [0.1, 0.15) is 12.8 Å². The van der Waals surface area contributed by atoms with E-state index in [1.54, 1.807) is 6.26 Å². The van der Waals surface area contributed by atoms with Gasteiger partial charge >= 0.3 is 0 Å². The number of unbranched alkanes of at least 4 members (excludes halogenated alkanes) is 1. The summed E-state index contributed by atoms with van der Waals surface area (Å²) in [5.41, 5.74) is 0. The second-order valence-corrected chi connectivity index (χ2v) is 3.16. The fourth-order valence-corrected chi connectivity index (χ4v) is 1.13. The van der Waals surface area contributed by atoms with E-state index in [4.69, 9.17) is 6.42 Å². The third kappa shape index (κ3) is 7.34. The first-order valence-corrected chi connectivity index (χ1v) is 5.05. The zero-order valence-electron chi connectivity index (χ0n) is 7.52. The largest absolute Gasteiger partial charge is 0.276 e.